The Labute approximate surface area is 141 Å². The van der Waals surface area contributed by atoms with Crippen LogP contribution in [0.3, 0.4) is 0 Å². The van der Waals surface area contributed by atoms with E-state index in [1.165, 1.54) is 0 Å². The number of hydrogen-bond donors (Lipinski definition) is 3. The van der Waals surface area contributed by atoms with Gasteiger partial charge in [0.1, 0.15) is 0 Å². The third kappa shape index (κ3) is 3.32. The quantitative estimate of drug-likeness (QED) is 0.674. The number of H-pyrrole nitrogens is 1. The summed E-state index contributed by atoms with van der Waals surface area (Å²) in [4.78, 5) is 18.9. The average Bonchev–Trinajstić information content (AvgIpc) is 2.53. The Balaban J connectivity index is 1.82. The first-order valence-corrected chi connectivity index (χ1v) is 7.67. The Bertz CT molecular complexity index is 891. The highest BCUT2D eigenvalue weighted by Gasteiger charge is 2.15. The number of halogens is 2. The van der Waals surface area contributed by atoms with Gasteiger partial charge in [-0.05, 0) is 24.3 Å². The lowest BCUT2D eigenvalue weighted by atomic mass is 10.1. The average molecular weight is 350 g/mol. The number of aromatic amines is 1. The van der Waals surface area contributed by atoms with E-state index in [1.807, 2.05) is 0 Å². The maximum atomic E-state index is 12.0. The fourth-order valence-corrected chi connectivity index (χ4v) is 2.94. The van der Waals surface area contributed by atoms with Gasteiger partial charge in [-0.1, -0.05) is 41.4 Å². The largest absolute Gasteiger partial charge is 0.386 e. The molecule has 3 rings (SSSR count). The SMILES string of the molecule is O=c1[nH]c(NCC(O)c2c(Cl)cccc2Cl)nc2ccccc12. The summed E-state index contributed by atoms with van der Waals surface area (Å²) < 4.78 is 0. The summed E-state index contributed by atoms with van der Waals surface area (Å²) in [5, 5.41) is 14.4. The number of aliphatic hydroxyl groups excluding tert-OH is 1. The van der Waals surface area contributed by atoms with Crippen molar-refractivity contribution in [3.05, 3.63) is 68.4 Å². The zero-order valence-electron chi connectivity index (χ0n) is 11.9. The van der Waals surface area contributed by atoms with E-state index in [0.29, 0.717) is 26.5 Å². The van der Waals surface area contributed by atoms with Gasteiger partial charge in [0.2, 0.25) is 5.95 Å². The van der Waals surface area contributed by atoms with Crippen LogP contribution in [-0.4, -0.2) is 21.6 Å². The summed E-state index contributed by atoms with van der Waals surface area (Å²) in [5.41, 5.74) is 0.763. The standard InChI is InChI=1S/C16H13Cl2N3O2/c17-10-5-3-6-11(18)14(10)13(22)8-19-16-20-12-7-2-1-4-9(12)15(23)21-16/h1-7,13,22H,8H2,(H2,19,20,21,23). The molecule has 23 heavy (non-hydrogen) atoms. The molecule has 1 atom stereocenters. The molecule has 0 radical (unpaired) electrons. The molecule has 3 N–H and O–H groups in total. The lowest BCUT2D eigenvalue weighted by molar-refractivity contribution is 0.191. The Morgan fingerprint density at radius 1 is 1.13 bits per heavy atom. The lowest BCUT2D eigenvalue weighted by Gasteiger charge is -2.15. The van der Waals surface area contributed by atoms with Crippen LogP contribution in [0.1, 0.15) is 11.7 Å². The Morgan fingerprint density at radius 2 is 1.83 bits per heavy atom. The fraction of sp³-hybridized carbons (Fsp3) is 0.125. The van der Waals surface area contributed by atoms with Gasteiger partial charge in [0.15, 0.2) is 0 Å². The van der Waals surface area contributed by atoms with Crippen LogP contribution in [0.4, 0.5) is 5.95 Å². The van der Waals surface area contributed by atoms with E-state index >= 15 is 0 Å². The number of para-hydroxylation sites is 1. The zero-order valence-corrected chi connectivity index (χ0v) is 13.4. The number of nitrogens with zero attached hydrogens (tertiary/aromatic N) is 1. The van der Waals surface area contributed by atoms with Crippen LogP contribution in [0.25, 0.3) is 10.9 Å². The topological polar surface area (TPSA) is 78.0 Å². The predicted octanol–water partition coefficient (Wildman–Crippen LogP) is 3.38. The van der Waals surface area contributed by atoms with E-state index in [2.05, 4.69) is 15.3 Å². The molecule has 2 aromatic carbocycles. The number of aliphatic hydroxyl groups is 1. The first-order chi connectivity index (χ1) is 11.1. The molecule has 0 spiro atoms. The number of fused-ring (bicyclic) bond motifs is 1. The number of rotatable bonds is 4. The van der Waals surface area contributed by atoms with E-state index in [-0.39, 0.29) is 18.1 Å². The van der Waals surface area contributed by atoms with E-state index in [4.69, 9.17) is 23.2 Å². The summed E-state index contributed by atoms with van der Waals surface area (Å²) in [6.07, 6.45) is -0.937. The van der Waals surface area contributed by atoms with Gasteiger partial charge in [-0.15, -0.1) is 0 Å². The molecule has 1 unspecified atom stereocenters. The molecular formula is C16H13Cl2N3O2. The van der Waals surface area contributed by atoms with Gasteiger partial charge in [0.05, 0.1) is 17.0 Å². The second kappa shape index (κ2) is 6.58. The fourth-order valence-electron chi connectivity index (χ4n) is 2.29. The molecule has 0 aliphatic rings. The van der Waals surface area contributed by atoms with Gasteiger partial charge in [0.25, 0.3) is 5.56 Å². The summed E-state index contributed by atoms with van der Waals surface area (Å²) >= 11 is 12.1. The lowest BCUT2D eigenvalue weighted by Crippen LogP contribution is -2.18. The first kappa shape index (κ1) is 15.8. The minimum atomic E-state index is -0.937. The molecule has 7 heteroatoms. The predicted molar refractivity (Wildman–Crippen MR) is 92.3 cm³/mol. The highest BCUT2D eigenvalue weighted by Crippen LogP contribution is 2.30. The monoisotopic (exact) mass is 349 g/mol. The van der Waals surface area contributed by atoms with E-state index in [1.54, 1.807) is 42.5 Å². The molecule has 0 saturated carbocycles. The molecule has 0 aliphatic heterocycles. The van der Waals surface area contributed by atoms with Crippen molar-refractivity contribution in [3.63, 3.8) is 0 Å². The normalized spacial score (nSPS) is 12.3. The van der Waals surface area contributed by atoms with Crippen LogP contribution in [0, 0.1) is 0 Å². The molecule has 118 valence electrons. The third-order valence-corrected chi connectivity index (χ3v) is 4.07. The van der Waals surface area contributed by atoms with E-state index < -0.39 is 6.10 Å². The van der Waals surface area contributed by atoms with Crippen molar-refractivity contribution in [1.29, 1.82) is 0 Å². The Hall–Kier alpha value is -2.08. The molecule has 1 aromatic heterocycles. The van der Waals surface area contributed by atoms with E-state index in [0.717, 1.165) is 0 Å². The van der Waals surface area contributed by atoms with Gasteiger partial charge in [-0.2, -0.15) is 0 Å². The highest BCUT2D eigenvalue weighted by atomic mass is 35.5. The van der Waals surface area contributed by atoms with E-state index in [9.17, 15) is 9.90 Å². The molecule has 5 nitrogen and oxygen atoms in total. The van der Waals surface area contributed by atoms with Crippen LogP contribution in [-0.2, 0) is 0 Å². The second-order valence-electron chi connectivity index (χ2n) is 4.96. The van der Waals surface area contributed by atoms with Gasteiger partial charge in [-0.25, -0.2) is 4.98 Å². The minimum Gasteiger partial charge on any atom is -0.386 e. The molecule has 0 fully saturated rings. The maximum Gasteiger partial charge on any atom is 0.260 e. The first-order valence-electron chi connectivity index (χ1n) is 6.91. The van der Waals surface area contributed by atoms with Crippen LogP contribution < -0.4 is 10.9 Å². The molecule has 3 aromatic rings. The number of anilines is 1. The van der Waals surface area contributed by atoms with Crippen molar-refractivity contribution in [3.8, 4) is 0 Å². The van der Waals surface area contributed by atoms with Crippen LogP contribution >= 0.6 is 23.2 Å². The Morgan fingerprint density at radius 3 is 2.57 bits per heavy atom. The Kier molecular flexibility index (Phi) is 4.52. The number of hydrogen-bond acceptors (Lipinski definition) is 4. The second-order valence-corrected chi connectivity index (χ2v) is 5.78. The number of benzene rings is 2. The van der Waals surface area contributed by atoms with Gasteiger partial charge in [-0.3, -0.25) is 9.78 Å². The highest BCUT2D eigenvalue weighted by molar-refractivity contribution is 6.36. The maximum absolute atomic E-state index is 12.0. The smallest absolute Gasteiger partial charge is 0.260 e. The zero-order chi connectivity index (χ0) is 16.4. The molecule has 0 saturated heterocycles. The van der Waals surface area contributed by atoms with Crippen molar-refractivity contribution in [1.82, 2.24) is 9.97 Å². The number of nitrogens with one attached hydrogen (secondary N) is 2. The summed E-state index contributed by atoms with van der Waals surface area (Å²) in [6.45, 7) is 0.102. The van der Waals surface area contributed by atoms with Gasteiger partial charge >= 0.3 is 0 Å². The van der Waals surface area contributed by atoms with Crippen LogP contribution in [0.2, 0.25) is 10.0 Å². The molecule has 0 amide bonds. The van der Waals surface area contributed by atoms with Crippen molar-refractivity contribution in [2.45, 2.75) is 6.10 Å². The summed E-state index contributed by atoms with van der Waals surface area (Å²) in [6, 6.07) is 12.0. The molecule has 1 heterocycles. The molecular weight excluding hydrogens is 337 g/mol. The van der Waals surface area contributed by atoms with Gasteiger partial charge in [0, 0.05) is 22.2 Å². The molecule has 0 aliphatic carbocycles. The molecule has 0 bridgehead atoms. The van der Waals surface area contributed by atoms with Crippen LogP contribution in [0.5, 0.6) is 0 Å². The van der Waals surface area contributed by atoms with Crippen molar-refractivity contribution >= 4 is 40.1 Å². The minimum absolute atomic E-state index is 0.102. The number of aromatic nitrogens is 2. The van der Waals surface area contributed by atoms with Crippen LogP contribution in [0.15, 0.2) is 47.3 Å². The van der Waals surface area contributed by atoms with Gasteiger partial charge < -0.3 is 10.4 Å². The summed E-state index contributed by atoms with van der Waals surface area (Å²) in [7, 11) is 0. The van der Waals surface area contributed by atoms with Crippen molar-refractivity contribution < 1.29 is 5.11 Å². The van der Waals surface area contributed by atoms with Crippen molar-refractivity contribution in [2.75, 3.05) is 11.9 Å². The third-order valence-electron chi connectivity index (χ3n) is 3.41. The summed E-state index contributed by atoms with van der Waals surface area (Å²) in [5.74, 6) is 0.274. The van der Waals surface area contributed by atoms with Crippen molar-refractivity contribution in [2.24, 2.45) is 0 Å².